The van der Waals surface area contributed by atoms with Gasteiger partial charge in [-0.2, -0.15) is 5.26 Å². The maximum Gasteiger partial charge on any atom is 0.0672 e. The van der Waals surface area contributed by atoms with Crippen LogP contribution in [0.5, 0.6) is 0 Å². The molecule has 1 aliphatic carbocycles. The first-order valence-corrected chi connectivity index (χ1v) is 6.91. The zero-order chi connectivity index (χ0) is 12.3. The molecule has 1 saturated carbocycles. The molecule has 0 saturated heterocycles. The highest BCUT2D eigenvalue weighted by Crippen LogP contribution is 2.27. The Morgan fingerprint density at radius 1 is 1.47 bits per heavy atom. The standard InChI is InChI=1S/C14H17BrN2/c1-10(11-4-2-6-13(15)8-11)17-14-7-3-5-12(14)9-16/h2,4,6,8,10,12,14,17H,3,5,7H2,1H3/t10-,12?,14?/m1/s1. The lowest BCUT2D eigenvalue weighted by Gasteiger charge is -2.22. The normalized spacial score (nSPS) is 25.5. The van der Waals surface area contributed by atoms with Crippen molar-refractivity contribution in [1.29, 1.82) is 5.26 Å². The van der Waals surface area contributed by atoms with Crippen LogP contribution in [0.3, 0.4) is 0 Å². The lowest BCUT2D eigenvalue weighted by Crippen LogP contribution is -2.33. The average molecular weight is 293 g/mol. The van der Waals surface area contributed by atoms with E-state index in [0.29, 0.717) is 12.1 Å². The van der Waals surface area contributed by atoms with Gasteiger partial charge in [0.2, 0.25) is 0 Å². The Bertz CT molecular complexity index is 424. The van der Waals surface area contributed by atoms with Crippen LogP contribution in [0.2, 0.25) is 0 Å². The van der Waals surface area contributed by atoms with Crippen molar-refractivity contribution in [3.8, 4) is 6.07 Å². The molecule has 0 aliphatic heterocycles. The summed E-state index contributed by atoms with van der Waals surface area (Å²) in [6.07, 6.45) is 3.33. The molecule has 1 fully saturated rings. The van der Waals surface area contributed by atoms with E-state index >= 15 is 0 Å². The number of nitrogens with one attached hydrogen (secondary N) is 1. The second kappa shape index (κ2) is 5.66. The molecule has 0 aromatic heterocycles. The first-order chi connectivity index (χ1) is 8.20. The van der Waals surface area contributed by atoms with Crippen molar-refractivity contribution in [2.24, 2.45) is 5.92 Å². The molecule has 0 amide bonds. The average Bonchev–Trinajstić information content (AvgIpc) is 2.76. The van der Waals surface area contributed by atoms with Crippen LogP contribution < -0.4 is 5.32 Å². The van der Waals surface area contributed by atoms with Gasteiger partial charge in [-0.05, 0) is 37.5 Å². The van der Waals surface area contributed by atoms with Crippen LogP contribution in [0, 0.1) is 17.2 Å². The van der Waals surface area contributed by atoms with Gasteiger partial charge in [-0.15, -0.1) is 0 Å². The Hall–Kier alpha value is -0.850. The van der Waals surface area contributed by atoms with Gasteiger partial charge in [-0.1, -0.05) is 34.5 Å². The van der Waals surface area contributed by atoms with Gasteiger partial charge in [0.25, 0.3) is 0 Å². The zero-order valence-corrected chi connectivity index (χ0v) is 11.6. The van der Waals surface area contributed by atoms with E-state index in [0.717, 1.165) is 17.3 Å². The van der Waals surface area contributed by atoms with Gasteiger partial charge in [-0.3, -0.25) is 0 Å². The van der Waals surface area contributed by atoms with Crippen LogP contribution in [0.4, 0.5) is 0 Å². The number of hydrogen-bond acceptors (Lipinski definition) is 2. The second-order valence-electron chi connectivity index (χ2n) is 4.72. The van der Waals surface area contributed by atoms with Crippen LogP contribution in [0.1, 0.15) is 37.8 Å². The van der Waals surface area contributed by atoms with Crippen molar-refractivity contribution in [2.45, 2.75) is 38.3 Å². The first kappa shape index (κ1) is 12.6. The number of benzene rings is 1. The van der Waals surface area contributed by atoms with Crippen molar-refractivity contribution in [2.75, 3.05) is 0 Å². The third-order valence-electron chi connectivity index (χ3n) is 3.49. The van der Waals surface area contributed by atoms with E-state index in [1.165, 1.54) is 12.0 Å². The van der Waals surface area contributed by atoms with Crippen LogP contribution in [0.25, 0.3) is 0 Å². The minimum absolute atomic E-state index is 0.185. The predicted octanol–water partition coefficient (Wildman–Crippen LogP) is 3.79. The summed E-state index contributed by atoms with van der Waals surface area (Å²) < 4.78 is 1.10. The van der Waals surface area contributed by atoms with E-state index in [-0.39, 0.29) is 5.92 Å². The van der Waals surface area contributed by atoms with Gasteiger partial charge in [0.05, 0.1) is 12.0 Å². The van der Waals surface area contributed by atoms with Crippen LogP contribution in [-0.4, -0.2) is 6.04 Å². The number of nitriles is 1. The van der Waals surface area contributed by atoms with Gasteiger partial charge in [0, 0.05) is 16.6 Å². The lowest BCUT2D eigenvalue weighted by atomic mass is 10.0. The number of halogens is 1. The molecular formula is C14H17BrN2. The van der Waals surface area contributed by atoms with E-state index in [2.05, 4.69) is 46.4 Å². The summed E-state index contributed by atoms with van der Waals surface area (Å²) in [6, 6.07) is 11.4. The second-order valence-corrected chi connectivity index (χ2v) is 5.63. The fraction of sp³-hybridized carbons (Fsp3) is 0.500. The number of rotatable bonds is 3. The molecule has 17 heavy (non-hydrogen) atoms. The molecule has 0 radical (unpaired) electrons. The van der Waals surface area contributed by atoms with Crippen LogP contribution in [0.15, 0.2) is 28.7 Å². The Morgan fingerprint density at radius 2 is 2.29 bits per heavy atom. The lowest BCUT2D eigenvalue weighted by molar-refractivity contribution is 0.417. The van der Waals surface area contributed by atoms with Gasteiger partial charge in [-0.25, -0.2) is 0 Å². The van der Waals surface area contributed by atoms with E-state index < -0.39 is 0 Å². The maximum absolute atomic E-state index is 9.07. The minimum atomic E-state index is 0.185. The molecule has 0 heterocycles. The highest BCUT2D eigenvalue weighted by molar-refractivity contribution is 9.10. The van der Waals surface area contributed by atoms with Crippen molar-refractivity contribution >= 4 is 15.9 Å². The molecule has 0 spiro atoms. The van der Waals surface area contributed by atoms with E-state index in [1.807, 2.05) is 12.1 Å². The summed E-state index contributed by atoms with van der Waals surface area (Å²) >= 11 is 3.49. The van der Waals surface area contributed by atoms with Crippen molar-refractivity contribution in [3.05, 3.63) is 34.3 Å². The molecule has 2 rings (SSSR count). The molecule has 3 atom stereocenters. The molecule has 0 bridgehead atoms. The van der Waals surface area contributed by atoms with Gasteiger partial charge in [0.1, 0.15) is 0 Å². The summed E-state index contributed by atoms with van der Waals surface area (Å²) in [5, 5.41) is 12.6. The Kier molecular flexibility index (Phi) is 4.20. The molecule has 1 aromatic rings. The molecule has 1 aliphatic rings. The summed E-state index contributed by atoms with van der Waals surface area (Å²) in [5.74, 6) is 0.185. The van der Waals surface area contributed by atoms with Gasteiger partial charge >= 0.3 is 0 Å². The largest absolute Gasteiger partial charge is 0.306 e. The van der Waals surface area contributed by atoms with Crippen LogP contribution >= 0.6 is 15.9 Å². The quantitative estimate of drug-likeness (QED) is 0.920. The third-order valence-corrected chi connectivity index (χ3v) is 3.99. The van der Waals surface area contributed by atoms with Crippen molar-refractivity contribution < 1.29 is 0 Å². The van der Waals surface area contributed by atoms with Crippen LogP contribution in [-0.2, 0) is 0 Å². The smallest absolute Gasteiger partial charge is 0.0672 e. The molecule has 3 heteroatoms. The van der Waals surface area contributed by atoms with Crippen molar-refractivity contribution in [1.82, 2.24) is 5.32 Å². The van der Waals surface area contributed by atoms with E-state index in [4.69, 9.17) is 5.26 Å². The maximum atomic E-state index is 9.07. The number of hydrogen-bond donors (Lipinski definition) is 1. The third kappa shape index (κ3) is 3.08. The highest BCUT2D eigenvalue weighted by Gasteiger charge is 2.28. The fourth-order valence-corrected chi connectivity index (χ4v) is 2.92. The topological polar surface area (TPSA) is 35.8 Å². The first-order valence-electron chi connectivity index (χ1n) is 6.12. The molecule has 2 nitrogen and oxygen atoms in total. The summed E-state index contributed by atoms with van der Waals surface area (Å²) in [4.78, 5) is 0. The Labute approximate surface area is 111 Å². The molecular weight excluding hydrogens is 276 g/mol. The Morgan fingerprint density at radius 3 is 3.00 bits per heavy atom. The van der Waals surface area contributed by atoms with E-state index in [1.54, 1.807) is 0 Å². The molecule has 90 valence electrons. The SMILES string of the molecule is C[C@@H](NC1CCCC1C#N)c1cccc(Br)c1. The Balaban J connectivity index is 2.02. The number of nitrogens with zero attached hydrogens (tertiary/aromatic N) is 1. The summed E-state index contributed by atoms with van der Waals surface area (Å²) in [6.45, 7) is 2.16. The van der Waals surface area contributed by atoms with E-state index in [9.17, 15) is 0 Å². The molecule has 1 aromatic carbocycles. The van der Waals surface area contributed by atoms with Gasteiger partial charge in [0.15, 0.2) is 0 Å². The molecule has 2 unspecified atom stereocenters. The molecule has 1 N–H and O–H groups in total. The van der Waals surface area contributed by atoms with Crippen molar-refractivity contribution in [3.63, 3.8) is 0 Å². The summed E-state index contributed by atoms with van der Waals surface area (Å²) in [7, 11) is 0. The highest BCUT2D eigenvalue weighted by atomic mass is 79.9. The monoisotopic (exact) mass is 292 g/mol. The fourth-order valence-electron chi connectivity index (χ4n) is 2.51. The predicted molar refractivity (Wildman–Crippen MR) is 72.4 cm³/mol. The van der Waals surface area contributed by atoms with Gasteiger partial charge < -0.3 is 5.32 Å². The summed E-state index contributed by atoms with van der Waals surface area (Å²) in [5.41, 5.74) is 1.27. The minimum Gasteiger partial charge on any atom is -0.306 e. The zero-order valence-electron chi connectivity index (χ0n) is 9.99.